The van der Waals surface area contributed by atoms with Crippen LogP contribution in [0.25, 0.3) is 0 Å². The third-order valence-corrected chi connectivity index (χ3v) is 3.52. The molecule has 2 N–H and O–H groups in total. The highest BCUT2D eigenvalue weighted by Crippen LogP contribution is 2.26. The highest BCUT2D eigenvalue weighted by molar-refractivity contribution is 14.1. The fourth-order valence-electron chi connectivity index (χ4n) is 1.16. The summed E-state index contributed by atoms with van der Waals surface area (Å²) in [5.41, 5.74) is 2.22. The Labute approximate surface area is 103 Å². The molecule has 0 radical (unpaired) electrons. The van der Waals surface area contributed by atoms with Gasteiger partial charge in [-0.3, -0.25) is 0 Å². The quantitative estimate of drug-likeness (QED) is 0.659. The topological polar surface area (TPSA) is 32.3 Å². The van der Waals surface area contributed by atoms with Gasteiger partial charge >= 0.3 is 0 Å². The fraction of sp³-hybridized carbons (Fsp3) is 0.400. The van der Waals surface area contributed by atoms with E-state index >= 15 is 0 Å². The minimum atomic E-state index is 0.211. The molecule has 1 rings (SSSR count). The zero-order chi connectivity index (χ0) is 10.6. The number of aryl methyl sites for hydroxylation is 1. The molecule has 0 saturated carbocycles. The first kappa shape index (κ1) is 12.1. The van der Waals surface area contributed by atoms with Crippen molar-refractivity contribution >= 4 is 39.9 Å². The summed E-state index contributed by atoms with van der Waals surface area (Å²) < 4.78 is 1.19. The van der Waals surface area contributed by atoms with Crippen LogP contribution in [-0.4, -0.2) is 18.3 Å². The molecule has 1 aromatic carbocycles. The molecule has 0 aliphatic rings. The number of aliphatic hydroxyl groups excluding tert-OH is 1. The zero-order valence-electron chi connectivity index (χ0n) is 7.98. The van der Waals surface area contributed by atoms with E-state index in [4.69, 9.17) is 16.7 Å². The predicted molar refractivity (Wildman–Crippen MR) is 69.1 cm³/mol. The van der Waals surface area contributed by atoms with E-state index in [1.165, 1.54) is 9.13 Å². The number of halogens is 2. The lowest BCUT2D eigenvalue weighted by molar-refractivity contribution is 0.292. The molecule has 4 heteroatoms. The minimum absolute atomic E-state index is 0.211. The van der Waals surface area contributed by atoms with Crippen LogP contribution < -0.4 is 5.32 Å². The normalized spacial score (nSPS) is 10.3. The monoisotopic (exact) mass is 325 g/mol. The van der Waals surface area contributed by atoms with Gasteiger partial charge in [0, 0.05) is 27.4 Å². The van der Waals surface area contributed by atoms with Gasteiger partial charge in [0.2, 0.25) is 0 Å². The third kappa shape index (κ3) is 3.29. The second-order valence-corrected chi connectivity index (χ2v) is 4.60. The summed E-state index contributed by atoms with van der Waals surface area (Å²) >= 11 is 8.23. The second-order valence-electron chi connectivity index (χ2n) is 3.09. The van der Waals surface area contributed by atoms with Gasteiger partial charge < -0.3 is 10.4 Å². The molecule has 0 fully saturated rings. The van der Waals surface area contributed by atoms with Gasteiger partial charge in [0.15, 0.2) is 0 Å². The van der Waals surface area contributed by atoms with Gasteiger partial charge in [0.05, 0.1) is 0 Å². The molecule has 0 spiro atoms. The number of benzene rings is 1. The van der Waals surface area contributed by atoms with Crippen LogP contribution in [0.1, 0.15) is 12.0 Å². The van der Waals surface area contributed by atoms with Crippen molar-refractivity contribution in [1.82, 2.24) is 0 Å². The highest BCUT2D eigenvalue weighted by Gasteiger charge is 2.03. The number of nitrogens with one attached hydrogen (secondary N) is 1. The van der Waals surface area contributed by atoms with Crippen LogP contribution in [0.15, 0.2) is 12.1 Å². The van der Waals surface area contributed by atoms with E-state index in [2.05, 4.69) is 27.9 Å². The number of hydrogen-bond acceptors (Lipinski definition) is 2. The van der Waals surface area contributed by atoms with Crippen LogP contribution >= 0.6 is 34.2 Å². The summed E-state index contributed by atoms with van der Waals surface area (Å²) in [5.74, 6) is 0. The van der Waals surface area contributed by atoms with Crippen LogP contribution in [0.2, 0.25) is 5.02 Å². The molecule has 0 aromatic heterocycles. The van der Waals surface area contributed by atoms with E-state index in [0.29, 0.717) is 0 Å². The molecule has 1 aromatic rings. The summed E-state index contributed by atoms with van der Waals surface area (Å²) in [6, 6.07) is 3.86. The van der Waals surface area contributed by atoms with E-state index < -0.39 is 0 Å². The highest BCUT2D eigenvalue weighted by atomic mass is 127. The van der Waals surface area contributed by atoms with E-state index in [0.717, 1.165) is 23.7 Å². The van der Waals surface area contributed by atoms with Crippen LogP contribution in [-0.2, 0) is 0 Å². The molecule has 0 unspecified atom stereocenters. The van der Waals surface area contributed by atoms with Gasteiger partial charge in [-0.1, -0.05) is 11.6 Å². The maximum atomic E-state index is 8.65. The predicted octanol–water partition coefficient (Wildman–Crippen LogP) is 3.05. The Kier molecular flexibility index (Phi) is 4.98. The molecule has 2 nitrogen and oxygen atoms in total. The Morgan fingerprint density at radius 2 is 2.21 bits per heavy atom. The van der Waals surface area contributed by atoms with E-state index in [-0.39, 0.29) is 6.61 Å². The number of rotatable bonds is 4. The smallest absolute Gasteiger partial charge is 0.0493 e. The van der Waals surface area contributed by atoms with Gasteiger partial charge in [-0.05, 0) is 53.6 Å². The average Bonchev–Trinajstić information content (AvgIpc) is 2.13. The van der Waals surface area contributed by atoms with E-state index in [9.17, 15) is 0 Å². The minimum Gasteiger partial charge on any atom is -0.396 e. The molecule has 0 saturated heterocycles. The molecule has 0 heterocycles. The first-order chi connectivity index (χ1) is 6.65. The summed E-state index contributed by atoms with van der Waals surface area (Å²) in [5, 5.41) is 12.6. The number of anilines is 1. The Morgan fingerprint density at radius 3 is 2.86 bits per heavy atom. The molecule has 0 bridgehead atoms. The molecular weight excluding hydrogens is 312 g/mol. The van der Waals surface area contributed by atoms with Crippen molar-refractivity contribution < 1.29 is 5.11 Å². The lowest BCUT2D eigenvalue weighted by atomic mass is 10.2. The Bertz CT molecular complexity index is 317. The zero-order valence-corrected chi connectivity index (χ0v) is 10.9. The lowest BCUT2D eigenvalue weighted by Gasteiger charge is -2.10. The molecule has 14 heavy (non-hydrogen) atoms. The van der Waals surface area contributed by atoms with Gasteiger partial charge in [0.25, 0.3) is 0 Å². The van der Waals surface area contributed by atoms with Gasteiger partial charge in [-0.2, -0.15) is 0 Å². The molecule has 0 amide bonds. The third-order valence-electron chi connectivity index (χ3n) is 1.87. The van der Waals surface area contributed by atoms with Crippen LogP contribution in [0.3, 0.4) is 0 Å². The molecule has 0 atom stereocenters. The molecular formula is C10H13ClINO. The maximum absolute atomic E-state index is 8.65. The summed E-state index contributed by atoms with van der Waals surface area (Å²) in [7, 11) is 0. The molecule has 78 valence electrons. The molecule has 0 aliphatic carbocycles. The second kappa shape index (κ2) is 5.78. The van der Waals surface area contributed by atoms with Crippen LogP contribution in [0, 0.1) is 10.5 Å². The first-order valence-electron chi connectivity index (χ1n) is 4.45. The van der Waals surface area contributed by atoms with Crippen molar-refractivity contribution in [2.75, 3.05) is 18.5 Å². The van der Waals surface area contributed by atoms with Crippen molar-refractivity contribution in [3.8, 4) is 0 Å². The summed E-state index contributed by atoms with van der Waals surface area (Å²) in [4.78, 5) is 0. The number of hydrogen-bond donors (Lipinski definition) is 2. The van der Waals surface area contributed by atoms with Gasteiger partial charge in [-0.25, -0.2) is 0 Å². The van der Waals surface area contributed by atoms with Crippen molar-refractivity contribution in [3.63, 3.8) is 0 Å². The number of aliphatic hydroxyl groups is 1. The van der Waals surface area contributed by atoms with Crippen molar-refractivity contribution in [1.29, 1.82) is 0 Å². The standard InChI is InChI=1S/C10H13ClINO/c1-7-5-8(11)6-9(10(7)12)13-3-2-4-14/h5-6,13-14H,2-4H2,1H3. The van der Waals surface area contributed by atoms with Gasteiger partial charge in [0.1, 0.15) is 0 Å². The van der Waals surface area contributed by atoms with Gasteiger partial charge in [-0.15, -0.1) is 0 Å². The largest absolute Gasteiger partial charge is 0.396 e. The Balaban J connectivity index is 2.75. The van der Waals surface area contributed by atoms with Crippen molar-refractivity contribution in [2.45, 2.75) is 13.3 Å². The van der Waals surface area contributed by atoms with Crippen molar-refractivity contribution in [3.05, 3.63) is 26.3 Å². The Hall–Kier alpha value is -0.000000000000000111. The SMILES string of the molecule is Cc1cc(Cl)cc(NCCCO)c1I. The van der Waals surface area contributed by atoms with Crippen LogP contribution in [0.4, 0.5) is 5.69 Å². The lowest BCUT2D eigenvalue weighted by Crippen LogP contribution is -2.05. The first-order valence-corrected chi connectivity index (χ1v) is 5.91. The van der Waals surface area contributed by atoms with Crippen molar-refractivity contribution in [2.24, 2.45) is 0 Å². The molecule has 0 aliphatic heterocycles. The Morgan fingerprint density at radius 1 is 1.50 bits per heavy atom. The average molecular weight is 326 g/mol. The van der Waals surface area contributed by atoms with Crippen LogP contribution in [0.5, 0.6) is 0 Å². The maximum Gasteiger partial charge on any atom is 0.0493 e. The summed E-state index contributed by atoms with van der Waals surface area (Å²) in [6.45, 7) is 3.01. The fourth-order valence-corrected chi connectivity index (χ4v) is 1.93. The van der Waals surface area contributed by atoms with E-state index in [1.807, 2.05) is 19.1 Å². The van der Waals surface area contributed by atoms with E-state index in [1.54, 1.807) is 0 Å². The summed E-state index contributed by atoms with van der Waals surface area (Å²) in [6.07, 6.45) is 0.752.